The first-order chi connectivity index (χ1) is 19.0. The van der Waals surface area contributed by atoms with E-state index in [0.717, 1.165) is 39.1 Å². The number of benzene rings is 3. The third kappa shape index (κ3) is 7.02. The van der Waals surface area contributed by atoms with Crippen molar-refractivity contribution < 1.29 is 19.4 Å². The number of carbonyl (C=O) groups excluding carboxylic acids is 1. The lowest BCUT2D eigenvalue weighted by atomic mass is 9.98. The predicted molar refractivity (Wildman–Crippen MR) is 150 cm³/mol. The maximum absolute atomic E-state index is 13.4. The molecule has 2 heterocycles. The zero-order valence-electron chi connectivity index (χ0n) is 21.8. The van der Waals surface area contributed by atoms with Crippen molar-refractivity contribution in [2.24, 2.45) is 5.73 Å². The molecule has 7 nitrogen and oxygen atoms in total. The highest BCUT2D eigenvalue weighted by Gasteiger charge is 2.22. The summed E-state index contributed by atoms with van der Waals surface area (Å²) in [7, 11) is 0. The number of ether oxygens (including phenoxy) is 2. The first-order valence-electron chi connectivity index (χ1n) is 13.2. The molecule has 7 heteroatoms. The molecule has 4 aromatic rings. The molecule has 3 aromatic carbocycles. The number of phenolic OH excluding ortho intramolecular Hbond substituents is 1. The van der Waals surface area contributed by atoms with Gasteiger partial charge in [0.15, 0.2) is 0 Å². The molecule has 1 aromatic heterocycles. The van der Waals surface area contributed by atoms with Gasteiger partial charge in [-0.2, -0.15) is 0 Å². The van der Waals surface area contributed by atoms with Gasteiger partial charge >= 0.3 is 0 Å². The topological polar surface area (TPSA) is 97.9 Å². The number of rotatable bonds is 4. The maximum atomic E-state index is 13.4. The quantitative estimate of drug-likeness (QED) is 0.413. The van der Waals surface area contributed by atoms with Gasteiger partial charge in [-0.05, 0) is 64.6 Å². The number of aromatic nitrogens is 1. The second-order valence-electron chi connectivity index (χ2n) is 9.76. The summed E-state index contributed by atoms with van der Waals surface area (Å²) < 4.78 is 12.0. The molecule has 1 amide bonds. The molecule has 1 aliphatic heterocycles. The Morgan fingerprint density at radius 1 is 0.949 bits per heavy atom. The van der Waals surface area contributed by atoms with Gasteiger partial charge in [-0.25, -0.2) is 0 Å². The van der Waals surface area contributed by atoms with Crippen LogP contribution in [0.25, 0.3) is 11.1 Å². The van der Waals surface area contributed by atoms with Crippen molar-refractivity contribution in [3.8, 4) is 22.6 Å². The number of pyridine rings is 1. The van der Waals surface area contributed by atoms with Crippen molar-refractivity contribution >= 4 is 5.91 Å². The van der Waals surface area contributed by atoms with E-state index < -0.39 is 6.04 Å². The summed E-state index contributed by atoms with van der Waals surface area (Å²) in [6.45, 7) is 2.08. The Morgan fingerprint density at radius 2 is 1.79 bits per heavy atom. The SMILES string of the molecule is N[C@@H](Cc1ccc(O)cc1)C(=O)N1CCOCCOc2ccc(-c3cccnc3)cc2Cc2cccc(c2)C1. The first kappa shape index (κ1) is 26.4. The number of phenols is 1. The molecule has 0 radical (unpaired) electrons. The van der Waals surface area contributed by atoms with Gasteiger partial charge in [0.1, 0.15) is 18.1 Å². The number of nitrogens with two attached hydrogens (primary N) is 1. The van der Waals surface area contributed by atoms with E-state index in [1.54, 1.807) is 35.4 Å². The Kier molecular flexibility index (Phi) is 8.51. The lowest BCUT2D eigenvalue weighted by molar-refractivity contribution is -0.134. The van der Waals surface area contributed by atoms with E-state index >= 15 is 0 Å². The number of carbonyl (C=O) groups is 1. The van der Waals surface area contributed by atoms with Crippen LogP contribution in [-0.2, 0) is 28.9 Å². The van der Waals surface area contributed by atoms with Crippen molar-refractivity contribution in [3.63, 3.8) is 0 Å². The smallest absolute Gasteiger partial charge is 0.240 e. The van der Waals surface area contributed by atoms with Gasteiger partial charge in [-0.3, -0.25) is 9.78 Å². The molecule has 0 saturated carbocycles. The standard InChI is InChI=1S/C32H33N3O4/c33-30(19-23-6-9-29(36)10-7-23)32(37)35-13-14-38-15-16-39-31-11-8-26(27-5-2-12-34-21-27)20-28(31)18-24-3-1-4-25(17-24)22-35/h1-12,17,20-21,30,36H,13-16,18-19,22,33H2/t30-/m0/s1. The molecule has 0 aliphatic carbocycles. The van der Waals surface area contributed by atoms with Crippen molar-refractivity contribution in [2.45, 2.75) is 25.4 Å². The minimum Gasteiger partial charge on any atom is -0.508 e. The molecule has 0 spiro atoms. The van der Waals surface area contributed by atoms with Gasteiger partial charge in [0.25, 0.3) is 0 Å². The fraction of sp³-hybridized carbons (Fsp3) is 0.250. The Balaban J connectivity index is 1.37. The van der Waals surface area contributed by atoms with Crippen molar-refractivity contribution in [1.82, 2.24) is 9.88 Å². The minimum absolute atomic E-state index is 0.133. The van der Waals surface area contributed by atoms with E-state index in [4.69, 9.17) is 15.2 Å². The first-order valence-corrected chi connectivity index (χ1v) is 13.2. The number of hydrogen-bond acceptors (Lipinski definition) is 6. The van der Waals surface area contributed by atoms with E-state index in [-0.39, 0.29) is 11.7 Å². The Labute approximate surface area is 228 Å². The molecule has 3 N–H and O–H groups in total. The summed E-state index contributed by atoms with van der Waals surface area (Å²) >= 11 is 0. The molecule has 39 heavy (non-hydrogen) atoms. The fourth-order valence-corrected chi connectivity index (χ4v) is 4.81. The second kappa shape index (κ2) is 12.6. The maximum Gasteiger partial charge on any atom is 0.240 e. The predicted octanol–water partition coefficient (Wildman–Crippen LogP) is 4.35. The van der Waals surface area contributed by atoms with Crippen LogP contribution in [-0.4, -0.2) is 53.3 Å². The molecule has 5 rings (SSSR count). The lowest BCUT2D eigenvalue weighted by Gasteiger charge is -2.26. The van der Waals surface area contributed by atoms with Crippen LogP contribution in [0.15, 0.2) is 91.3 Å². The summed E-state index contributed by atoms with van der Waals surface area (Å²) in [6, 6.07) is 24.6. The number of aromatic hydroxyl groups is 1. The molecule has 200 valence electrons. The van der Waals surface area contributed by atoms with E-state index in [2.05, 4.69) is 29.2 Å². The minimum atomic E-state index is -0.697. The number of hydrogen-bond donors (Lipinski definition) is 2. The van der Waals surface area contributed by atoms with E-state index in [0.29, 0.717) is 45.8 Å². The van der Waals surface area contributed by atoms with Gasteiger partial charge in [-0.15, -0.1) is 0 Å². The third-order valence-electron chi connectivity index (χ3n) is 6.83. The largest absolute Gasteiger partial charge is 0.508 e. The van der Waals surface area contributed by atoms with Gasteiger partial charge in [0, 0.05) is 37.5 Å². The van der Waals surface area contributed by atoms with E-state index in [1.807, 2.05) is 36.5 Å². The summed E-state index contributed by atoms with van der Waals surface area (Å²) in [4.78, 5) is 19.4. The highest BCUT2D eigenvalue weighted by molar-refractivity contribution is 5.82. The highest BCUT2D eigenvalue weighted by atomic mass is 16.5. The average Bonchev–Trinajstić information content (AvgIpc) is 2.96. The third-order valence-corrected chi connectivity index (χ3v) is 6.83. The fourth-order valence-electron chi connectivity index (χ4n) is 4.81. The zero-order valence-corrected chi connectivity index (χ0v) is 21.8. The van der Waals surface area contributed by atoms with Crippen LogP contribution < -0.4 is 10.5 Å². The van der Waals surface area contributed by atoms with Crippen molar-refractivity contribution in [3.05, 3.63) is 114 Å². The molecule has 2 bridgehead atoms. The van der Waals surface area contributed by atoms with Gasteiger partial charge in [-0.1, -0.05) is 48.5 Å². The highest BCUT2D eigenvalue weighted by Crippen LogP contribution is 2.29. The van der Waals surface area contributed by atoms with Crippen LogP contribution in [0.4, 0.5) is 0 Å². The van der Waals surface area contributed by atoms with Crippen LogP contribution in [0.2, 0.25) is 0 Å². The molecule has 0 saturated heterocycles. The monoisotopic (exact) mass is 523 g/mol. The number of nitrogens with zero attached hydrogens (tertiary/aromatic N) is 2. The van der Waals surface area contributed by atoms with Gasteiger partial charge in [0.05, 0.1) is 19.3 Å². The lowest BCUT2D eigenvalue weighted by Crippen LogP contribution is -2.45. The molecular formula is C32H33N3O4. The normalized spacial score (nSPS) is 14.9. The van der Waals surface area contributed by atoms with Gasteiger partial charge < -0.3 is 25.2 Å². The van der Waals surface area contributed by atoms with Crippen LogP contribution in [0, 0.1) is 0 Å². The molecule has 1 aliphatic rings. The summed E-state index contributed by atoms with van der Waals surface area (Å²) in [5.74, 6) is 0.892. The van der Waals surface area contributed by atoms with Crippen LogP contribution >= 0.6 is 0 Å². The summed E-state index contributed by atoms with van der Waals surface area (Å²) in [5, 5.41) is 9.55. The Bertz CT molecular complexity index is 1390. The Hall–Kier alpha value is -4.20. The number of fused-ring (bicyclic) bond motifs is 3. The van der Waals surface area contributed by atoms with Crippen molar-refractivity contribution in [1.29, 1.82) is 0 Å². The summed E-state index contributed by atoms with van der Waals surface area (Å²) in [5.41, 5.74) is 12.6. The van der Waals surface area contributed by atoms with Crippen LogP contribution in [0.5, 0.6) is 11.5 Å². The second-order valence-corrected chi connectivity index (χ2v) is 9.76. The van der Waals surface area contributed by atoms with Crippen molar-refractivity contribution in [2.75, 3.05) is 26.4 Å². The zero-order chi connectivity index (χ0) is 27.0. The van der Waals surface area contributed by atoms with Crippen LogP contribution in [0.1, 0.15) is 22.3 Å². The molecule has 0 fully saturated rings. The molecule has 0 unspecified atom stereocenters. The number of amides is 1. The Morgan fingerprint density at radius 3 is 2.62 bits per heavy atom. The van der Waals surface area contributed by atoms with Gasteiger partial charge in [0.2, 0.25) is 5.91 Å². The summed E-state index contributed by atoms with van der Waals surface area (Å²) in [6.07, 6.45) is 4.70. The van der Waals surface area contributed by atoms with E-state index in [9.17, 15) is 9.90 Å². The molecule has 1 atom stereocenters. The molecular weight excluding hydrogens is 490 g/mol. The average molecular weight is 524 g/mol. The van der Waals surface area contributed by atoms with E-state index in [1.165, 1.54) is 0 Å². The van der Waals surface area contributed by atoms with Crippen LogP contribution in [0.3, 0.4) is 0 Å².